The van der Waals surface area contributed by atoms with Crippen LogP contribution in [0.1, 0.15) is 28.7 Å². The molecule has 10 heteroatoms. The number of hydrogen-bond acceptors (Lipinski definition) is 6. The van der Waals surface area contributed by atoms with E-state index in [1.807, 2.05) is 41.9 Å². The second-order valence-corrected chi connectivity index (χ2v) is 9.35. The number of halogens is 1. The van der Waals surface area contributed by atoms with Gasteiger partial charge in [-0.3, -0.25) is 9.89 Å². The number of fused-ring (bicyclic) bond motifs is 2. The lowest BCUT2D eigenvalue weighted by molar-refractivity contribution is -0.00847. The summed E-state index contributed by atoms with van der Waals surface area (Å²) in [6.07, 6.45) is 4.32. The molecular weight excluding hydrogens is 435 g/mol. The van der Waals surface area contributed by atoms with Crippen LogP contribution < -0.4 is 10.2 Å². The van der Waals surface area contributed by atoms with Crippen molar-refractivity contribution in [1.82, 2.24) is 29.6 Å². The Hall–Kier alpha value is -3.95. The van der Waals surface area contributed by atoms with Crippen molar-refractivity contribution in [2.75, 3.05) is 29.9 Å². The Labute approximate surface area is 195 Å². The fraction of sp³-hybridized carbons (Fsp3) is 0.333. The number of nitrogens with zero attached hydrogens (tertiary/aromatic N) is 6. The summed E-state index contributed by atoms with van der Waals surface area (Å²) in [6, 6.07) is 9.75. The minimum Gasteiger partial charge on any atom is -0.342 e. The van der Waals surface area contributed by atoms with E-state index < -0.39 is 5.67 Å². The van der Waals surface area contributed by atoms with Crippen LogP contribution in [0.25, 0.3) is 10.9 Å². The SMILES string of the molecule is Cn1c(C(=O)N2CC(C)(F)C2)cc2c1CN(c1nccc(Nc3ccc4[nH]ncc4c3)n1)CC2. The topological polar surface area (TPSA) is 95.0 Å². The van der Waals surface area contributed by atoms with Crippen molar-refractivity contribution < 1.29 is 9.18 Å². The third kappa shape index (κ3) is 3.55. The maximum absolute atomic E-state index is 13.9. The van der Waals surface area contributed by atoms with Gasteiger partial charge in [0.15, 0.2) is 0 Å². The van der Waals surface area contributed by atoms with Crippen molar-refractivity contribution in [3.63, 3.8) is 0 Å². The number of aromatic amines is 1. The van der Waals surface area contributed by atoms with E-state index in [1.54, 1.807) is 17.3 Å². The number of H-pyrrole nitrogens is 1. The van der Waals surface area contributed by atoms with Crippen LogP contribution in [-0.2, 0) is 20.0 Å². The lowest BCUT2D eigenvalue weighted by atomic mass is 9.98. The molecule has 2 aliphatic heterocycles. The van der Waals surface area contributed by atoms with E-state index in [-0.39, 0.29) is 19.0 Å². The van der Waals surface area contributed by atoms with Crippen molar-refractivity contribution in [2.45, 2.75) is 25.6 Å². The first-order chi connectivity index (χ1) is 16.4. The molecule has 5 heterocycles. The molecule has 0 spiro atoms. The van der Waals surface area contributed by atoms with Crippen LogP contribution in [0, 0.1) is 0 Å². The van der Waals surface area contributed by atoms with Gasteiger partial charge in [-0.2, -0.15) is 10.1 Å². The molecule has 0 aliphatic carbocycles. The van der Waals surface area contributed by atoms with Gasteiger partial charge in [-0.05, 0) is 49.2 Å². The molecule has 174 valence electrons. The van der Waals surface area contributed by atoms with E-state index in [0.29, 0.717) is 24.0 Å². The van der Waals surface area contributed by atoms with E-state index in [2.05, 4.69) is 25.4 Å². The zero-order chi connectivity index (χ0) is 23.4. The molecule has 1 fully saturated rings. The minimum atomic E-state index is -1.28. The van der Waals surface area contributed by atoms with Crippen LogP contribution >= 0.6 is 0 Å². The predicted octanol–water partition coefficient (Wildman–Crippen LogP) is 3.18. The first kappa shape index (κ1) is 20.6. The van der Waals surface area contributed by atoms with Gasteiger partial charge in [0, 0.05) is 36.6 Å². The lowest BCUT2D eigenvalue weighted by Crippen LogP contribution is -2.59. The highest BCUT2D eigenvalue weighted by Gasteiger charge is 2.42. The largest absolute Gasteiger partial charge is 0.342 e. The molecule has 2 aliphatic rings. The molecule has 1 amide bonds. The summed E-state index contributed by atoms with van der Waals surface area (Å²) in [5.74, 6) is 1.22. The number of nitrogens with one attached hydrogen (secondary N) is 2. The van der Waals surface area contributed by atoms with Gasteiger partial charge >= 0.3 is 0 Å². The molecule has 34 heavy (non-hydrogen) atoms. The Morgan fingerprint density at radius 2 is 2.09 bits per heavy atom. The number of amides is 1. The maximum atomic E-state index is 13.9. The van der Waals surface area contributed by atoms with Gasteiger partial charge < -0.3 is 19.7 Å². The van der Waals surface area contributed by atoms with E-state index >= 15 is 0 Å². The number of rotatable bonds is 4. The Kier molecular flexibility index (Phi) is 4.58. The molecule has 0 atom stereocenters. The van der Waals surface area contributed by atoms with E-state index in [0.717, 1.165) is 40.8 Å². The molecule has 0 saturated carbocycles. The number of carbonyl (C=O) groups excluding carboxylic acids is 1. The van der Waals surface area contributed by atoms with E-state index in [9.17, 15) is 9.18 Å². The Balaban J connectivity index is 1.20. The number of carbonyl (C=O) groups is 1. The summed E-state index contributed by atoms with van der Waals surface area (Å²) >= 11 is 0. The van der Waals surface area contributed by atoms with Crippen LogP contribution in [0.5, 0.6) is 0 Å². The van der Waals surface area contributed by atoms with Gasteiger partial charge in [-0.25, -0.2) is 9.37 Å². The van der Waals surface area contributed by atoms with Crippen LogP contribution in [0.3, 0.4) is 0 Å². The van der Waals surface area contributed by atoms with Gasteiger partial charge in [0.05, 0.1) is 31.3 Å². The van der Waals surface area contributed by atoms with Gasteiger partial charge in [0.25, 0.3) is 5.91 Å². The first-order valence-corrected chi connectivity index (χ1v) is 11.3. The minimum absolute atomic E-state index is 0.115. The molecule has 9 nitrogen and oxygen atoms in total. The van der Waals surface area contributed by atoms with Crippen LogP contribution in [0.2, 0.25) is 0 Å². The fourth-order valence-electron chi connectivity index (χ4n) is 4.82. The average Bonchev–Trinajstić information content (AvgIpc) is 3.41. The van der Waals surface area contributed by atoms with Crippen molar-refractivity contribution in [2.24, 2.45) is 7.05 Å². The maximum Gasteiger partial charge on any atom is 0.270 e. The highest BCUT2D eigenvalue weighted by atomic mass is 19.1. The summed E-state index contributed by atoms with van der Waals surface area (Å²) < 4.78 is 15.8. The number of anilines is 3. The second kappa shape index (κ2) is 7.54. The molecule has 0 radical (unpaired) electrons. The van der Waals surface area contributed by atoms with Crippen molar-refractivity contribution in [3.8, 4) is 0 Å². The molecule has 4 aromatic rings. The molecule has 1 aromatic carbocycles. The summed E-state index contributed by atoms with van der Waals surface area (Å²) in [4.78, 5) is 25.8. The van der Waals surface area contributed by atoms with E-state index in [1.165, 1.54) is 6.92 Å². The number of alkyl halides is 1. The summed E-state index contributed by atoms with van der Waals surface area (Å²) in [7, 11) is 1.90. The smallest absolute Gasteiger partial charge is 0.270 e. The third-order valence-corrected chi connectivity index (χ3v) is 6.63. The van der Waals surface area contributed by atoms with Crippen molar-refractivity contribution >= 4 is 34.3 Å². The molecule has 2 N–H and O–H groups in total. The molecule has 1 saturated heterocycles. The number of likely N-dealkylation sites (tertiary alicyclic amines) is 1. The molecule has 3 aromatic heterocycles. The monoisotopic (exact) mass is 460 g/mol. The molecule has 0 bridgehead atoms. The van der Waals surface area contributed by atoms with Crippen LogP contribution in [0.4, 0.5) is 21.8 Å². The fourth-order valence-corrected chi connectivity index (χ4v) is 4.82. The van der Waals surface area contributed by atoms with Crippen molar-refractivity contribution in [3.05, 3.63) is 59.7 Å². The Bertz CT molecular complexity index is 1400. The zero-order valence-electron chi connectivity index (χ0n) is 19.0. The van der Waals surface area contributed by atoms with Gasteiger partial charge in [-0.1, -0.05) is 0 Å². The number of hydrogen-bond donors (Lipinski definition) is 2. The summed E-state index contributed by atoms with van der Waals surface area (Å²) in [5.41, 5.74) is 3.43. The van der Waals surface area contributed by atoms with Crippen molar-refractivity contribution in [1.29, 1.82) is 0 Å². The standard InChI is InChI=1S/C24H25FN8O/c1-24(25)13-33(14-24)22(34)19-10-15-6-8-32(12-20(15)31(19)2)23-26-7-5-21(29-23)28-17-3-4-18-16(9-17)11-27-30-18/h3-5,7,9-11H,6,8,12-14H2,1-2H3,(H,27,30)(H,26,28,29). The number of aromatic nitrogens is 5. The lowest BCUT2D eigenvalue weighted by Gasteiger charge is -2.42. The molecule has 0 unspecified atom stereocenters. The van der Waals surface area contributed by atoms with Gasteiger partial charge in [0.1, 0.15) is 17.2 Å². The Morgan fingerprint density at radius 3 is 2.91 bits per heavy atom. The molecule has 6 rings (SSSR count). The predicted molar refractivity (Wildman–Crippen MR) is 127 cm³/mol. The Morgan fingerprint density at radius 1 is 1.24 bits per heavy atom. The zero-order valence-corrected chi connectivity index (χ0v) is 19.0. The highest BCUT2D eigenvalue weighted by Crippen LogP contribution is 2.30. The third-order valence-electron chi connectivity index (χ3n) is 6.63. The highest BCUT2D eigenvalue weighted by molar-refractivity contribution is 5.94. The van der Waals surface area contributed by atoms with E-state index in [4.69, 9.17) is 4.98 Å². The second-order valence-electron chi connectivity index (χ2n) is 9.35. The van der Waals surface area contributed by atoms with Gasteiger partial charge in [-0.15, -0.1) is 0 Å². The normalized spacial score (nSPS) is 16.9. The average molecular weight is 461 g/mol. The number of benzene rings is 1. The van der Waals surface area contributed by atoms with Crippen LogP contribution in [-0.4, -0.2) is 60.8 Å². The summed E-state index contributed by atoms with van der Waals surface area (Å²) in [5, 5.41) is 11.4. The van der Waals surface area contributed by atoms with Crippen LogP contribution in [0.15, 0.2) is 42.7 Å². The summed E-state index contributed by atoms with van der Waals surface area (Å²) in [6.45, 7) is 3.18. The molecular formula is C24H25FN8O. The quantitative estimate of drug-likeness (QED) is 0.486. The van der Waals surface area contributed by atoms with Gasteiger partial charge in [0.2, 0.25) is 5.95 Å². The first-order valence-electron chi connectivity index (χ1n) is 11.3.